The Bertz CT molecular complexity index is 875. The van der Waals surface area contributed by atoms with Gasteiger partial charge in [-0.05, 0) is 25.0 Å². The van der Waals surface area contributed by atoms with Gasteiger partial charge >= 0.3 is 0 Å². The molecule has 0 saturated carbocycles. The molecule has 142 valence electrons. The third-order valence-electron chi connectivity index (χ3n) is 4.80. The molecule has 0 aliphatic carbocycles. The first kappa shape index (κ1) is 18.9. The first-order chi connectivity index (χ1) is 13.1. The van der Waals surface area contributed by atoms with Gasteiger partial charge in [0.15, 0.2) is 0 Å². The first-order valence-corrected chi connectivity index (χ1v) is 9.03. The molecule has 0 N–H and O–H groups in total. The topological polar surface area (TPSA) is 87.3 Å². The zero-order valence-electron chi connectivity index (χ0n) is 15.7. The Balaban J connectivity index is 1.76. The molecular weight excluding hydrogens is 344 g/mol. The van der Waals surface area contributed by atoms with Crippen LogP contribution in [0.15, 0.2) is 35.3 Å². The lowest BCUT2D eigenvalue weighted by atomic mass is 10.1. The van der Waals surface area contributed by atoms with Crippen molar-refractivity contribution < 1.29 is 4.74 Å². The van der Waals surface area contributed by atoms with Gasteiger partial charge in [0.25, 0.3) is 5.56 Å². The molecule has 3 rings (SSSR count). The summed E-state index contributed by atoms with van der Waals surface area (Å²) < 4.78 is 6.64. The highest BCUT2D eigenvalue weighted by Crippen LogP contribution is 2.24. The highest BCUT2D eigenvalue weighted by atomic mass is 16.5. The summed E-state index contributed by atoms with van der Waals surface area (Å²) >= 11 is 0. The Hall–Kier alpha value is -2.92. The van der Waals surface area contributed by atoms with Crippen molar-refractivity contribution in [1.29, 1.82) is 5.26 Å². The van der Waals surface area contributed by atoms with E-state index in [1.165, 1.54) is 0 Å². The van der Waals surface area contributed by atoms with Crippen molar-refractivity contribution in [2.75, 3.05) is 50.2 Å². The van der Waals surface area contributed by atoms with Crippen molar-refractivity contribution in [2.24, 2.45) is 0 Å². The highest BCUT2D eigenvalue weighted by Gasteiger charge is 2.24. The SMILES string of the molecule is COCCN(C)c1cnn([C@H]2CCCN(c3cccc(C#N)n3)C2)c(=O)c1. The van der Waals surface area contributed by atoms with Crippen LogP contribution in [0.3, 0.4) is 0 Å². The largest absolute Gasteiger partial charge is 0.383 e. The van der Waals surface area contributed by atoms with E-state index in [1.54, 1.807) is 30.1 Å². The van der Waals surface area contributed by atoms with Crippen LogP contribution in [0.1, 0.15) is 24.6 Å². The number of hydrogen-bond acceptors (Lipinski definition) is 7. The molecule has 1 atom stereocenters. The average molecular weight is 368 g/mol. The van der Waals surface area contributed by atoms with Crippen LogP contribution in [-0.2, 0) is 4.74 Å². The summed E-state index contributed by atoms with van der Waals surface area (Å²) in [5, 5.41) is 13.5. The second kappa shape index (κ2) is 8.64. The molecule has 1 aliphatic heterocycles. The van der Waals surface area contributed by atoms with Crippen LogP contribution in [-0.4, -0.2) is 55.2 Å². The lowest BCUT2D eigenvalue weighted by Crippen LogP contribution is -2.41. The van der Waals surface area contributed by atoms with Gasteiger partial charge in [0.2, 0.25) is 0 Å². The second-order valence-corrected chi connectivity index (χ2v) is 6.65. The molecule has 0 unspecified atom stereocenters. The third-order valence-corrected chi connectivity index (χ3v) is 4.80. The van der Waals surface area contributed by atoms with Crippen LogP contribution in [0.2, 0.25) is 0 Å². The summed E-state index contributed by atoms with van der Waals surface area (Å²) in [5.41, 5.74) is 1.07. The molecule has 27 heavy (non-hydrogen) atoms. The molecular formula is C19H24N6O2. The number of ether oxygens (including phenoxy) is 1. The van der Waals surface area contributed by atoms with Crippen molar-refractivity contribution in [2.45, 2.75) is 18.9 Å². The fourth-order valence-electron chi connectivity index (χ4n) is 3.27. The van der Waals surface area contributed by atoms with Crippen molar-refractivity contribution >= 4 is 11.5 Å². The van der Waals surface area contributed by atoms with Gasteiger partial charge in [-0.25, -0.2) is 9.67 Å². The van der Waals surface area contributed by atoms with E-state index in [2.05, 4.69) is 21.1 Å². The Morgan fingerprint density at radius 2 is 2.30 bits per heavy atom. The third kappa shape index (κ3) is 4.44. The lowest BCUT2D eigenvalue weighted by Gasteiger charge is -2.34. The number of aromatic nitrogens is 3. The van der Waals surface area contributed by atoms with Gasteiger partial charge in [-0.2, -0.15) is 10.4 Å². The van der Waals surface area contributed by atoms with E-state index in [4.69, 9.17) is 10.00 Å². The number of methoxy groups -OCH3 is 1. The van der Waals surface area contributed by atoms with Crippen LogP contribution in [0.5, 0.6) is 0 Å². The Morgan fingerprint density at radius 3 is 3.04 bits per heavy atom. The smallest absolute Gasteiger partial charge is 0.269 e. The van der Waals surface area contributed by atoms with E-state index < -0.39 is 0 Å². The molecule has 1 saturated heterocycles. The molecule has 1 fully saturated rings. The van der Waals surface area contributed by atoms with Gasteiger partial charge in [0.05, 0.1) is 24.5 Å². The van der Waals surface area contributed by atoms with E-state index in [9.17, 15) is 4.79 Å². The molecule has 0 spiro atoms. The summed E-state index contributed by atoms with van der Waals surface area (Å²) in [5.74, 6) is 0.766. The molecule has 3 heterocycles. The molecule has 0 aromatic carbocycles. The summed E-state index contributed by atoms with van der Waals surface area (Å²) in [6, 6.07) is 9.09. The minimum atomic E-state index is -0.109. The van der Waals surface area contributed by atoms with Crippen molar-refractivity contribution in [1.82, 2.24) is 14.8 Å². The van der Waals surface area contributed by atoms with Crippen LogP contribution < -0.4 is 15.4 Å². The van der Waals surface area contributed by atoms with Gasteiger partial charge in [0, 0.05) is 39.9 Å². The van der Waals surface area contributed by atoms with Gasteiger partial charge in [-0.1, -0.05) is 6.07 Å². The molecule has 0 amide bonds. The van der Waals surface area contributed by atoms with E-state index in [-0.39, 0.29) is 11.6 Å². The minimum absolute atomic E-state index is 0.0166. The maximum atomic E-state index is 12.6. The normalized spacial score (nSPS) is 16.8. The number of anilines is 2. The van der Waals surface area contributed by atoms with Gasteiger partial charge in [0.1, 0.15) is 17.6 Å². The maximum Gasteiger partial charge on any atom is 0.269 e. The Morgan fingerprint density at radius 1 is 1.44 bits per heavy atom. The fraction of sp³-hybridized carbons (Fsp3) is 0.474. The summed E-state index contributed by atoms with van der Waals surface area (Å²) in [6.07, 6.45) is 3.55. The van der Waals surface area contributed by atoms with Crippen LogP contribution in [0, 0.1) is 11.3 Å². The number of nitrogens with zero attached hydrogens (tertiary/aromatic N) is 6. The van der Waals surface area contributed by atoms with Crippen molar-refractivity contribution in [3.05, 3.63) is 46.5 Å². The molecule has 0 radical (unpaired) electrons. The molecule has 2 aromatic heterocycles. The van der Waals surface area contributed by atoms with E-state index in [0.29, 0.717) is 25.4 Å². The summed E-state index contributed by atoms with van der Waals surface area (Å²) in [4.78, 5) is 21.1. The molecule has 8 heteroatoms. The summed E-state index contributed by atoms with van der Waals surface area (Å²) in [6.45, 7) is 2.78. The van der Waals surface area contributed by atoms with E-state index >= 15 is 0 Å². The van der Waals surface area contributed by atoms with Gasteiger partial charge in [-0.15, -0.1) is 0 Å². The standard InChI is InChI=1S/C19H24N6O2/c1-23(9-10-27-2)17-11-19(26)25(21-13-17)16-6-4-8-24(14-16)18-7-3-5-15(12-20)22-18/h3,5,7,11,13,16H,4,6,8-10,14H2,1-2H3/t16-/m0/s1. The molecule has 1 aliphatic rings. The fourth-order valence-corrected chi connectivity index (χ4v) is 3.27. The number of likely N-dealkylation sites (N-methyl/N-ethyl adjacent to an activating group) is 1. The van der Waals surface area contributed by atoms with Crippen LogP contribution in [0.25, 0.3) is 0 Å². The van der Waals surface area contributed by atoms with Crippen molar-refractivity contribution in [3.63, 3.8) is 0 Å². The number of pyridine rings is 1. The second-order valence-electron chi connectivity index (χ2n) is 6.65. The Labute approximate surface area is 158 Å². The minimum Gasteiger partial charge on any atom is -0.383 e. The predicted octanol–water partition coefficient (Wildman–Crippen LogP) is 1.43. The van der Waals surface area contributed by atoms with Crippen LogP contribution in [0.4, 0.5) is 11.5 Å². The lowest BCUT2D eigenvalue weighted by molar-refractivity contribution is 0.206. The van der Waals surface area contributed by atoms with E-state index in [1.807, 2.05) is 24.1 Å². The number of hydrogen-bond donors (Lipinski definition) is 0. The predicted molar refractivity (Wildman–Crippen MR) is 103 cm³/mol. The Kier molecular flexibility index (Phi) is 6.04. The monoisotopic (exact) mass is 368 g/mol. The number of rotatable bonds is 6. The van der Waals surface area contributed by atoms with Crippen molar-refractivity contribution in [3.8, 4) is 6.07 Å². The van der Waals surface area contributed by atoms with Gasteiger partial charge in [-0.3, -0.25) is 4.79 Å². The molecule has 0 bridgehead atoms. The maximum absolute atomic E-state index is 12.6. The van der Waals surface area contributed by atoms with Gasteiger partial charge < -0.3 is 14.5 Å². The molecule has 2 aromatic rings. The van der Waals surface area contributed by atoms with E-state index in [0.717, 1.165) is 30.9 Å². The summed E-state index contributed by atoms with van der Waals surface area (Å²) in [7, 11) is 3.57. The zero-order chi connectivity index (χ0) is 19.2. The number of piperidine rings is 1. The zero-order valence-corrected chi connectivity index (χ0v) is 15.7. The average Bonchev–Trinajstić information content (AvgIpc) is 2.72. The van der Waals surface area contributed by atoms with Crippen LogP contribution >= 0.6 is 0 Å². The highest BCUT2D eigenvalue weighted by molar-refractivity contribution is 5.43. The molecule has 8 nitrogen and oxygen atoms in total. The number of nitriles is 1. The quantitative estimate of drug-likeness (QED) is 0.762. The first-order valence-electron chi connectivity index (χ1n) is 9.03.